The van der Waals surface area contributed by atoms with Gasteiger partial charge in [-0.05, 0) is 25.0 Å². The standard InChI is InChI=1S/C14H17NOS/c1-10-4-3-5-11(6-10)7-13(15)14-8-12(16-2)9-17-14/h3-6,8-9,13H,7,15H2,1-2H3. The summed E-state index contributed by atoms with van der Waals surface area (Å²) in [4.78, 5) is 1.17. The fourth-order valence-corrected chi connectivity index (χ4v) is 2.69. The maximum atomic E-state index is 6.20. The summed E-state index contributed by atoms with van der Waals surface area (Å²) in [7, 11) is 1.68. The molecule has 0 aliphatic rings. The van der Waals surface area contributed by atoms with Crippen molar-refractivity contribution in [1.82, 2.24) is 0 Å². The number of hydrogen-bond acceptors (Lipinski definition) is 3. The zero-order valence-corrected chi connectivity index (χ0v) is 11.0. The number of nitrogens with two attached hydrogens (primary N) is 1. The Morgan fingerprint density at radius 2 is 2.18 bits per heavy atom. The molecule has 1 atom stereocenters. The van der Waals surface area contributed by atoms with Crippen molar-refractivity contribution >= 4 is 11.3 Å². The maximum absolute atomic E-state index is 6.20. The number of benzene rings is 1. The predicted octanol–water partition coefficient (Wildman–Crippen LogP) is 3.31. The van der Waals surface area contributed by atoms with Crippen LogP contribution < -0.4 is 10.5 Å². The molecule has 2 N–H and O–H groups in total. The second kappa shape index (κ2) is 5.34. The highest BCUT2D eigenvalue weighted by Gasteiger charge is 2.10. The van der Waals surface area contributed by atoms with Gasteiger partial charge in [-0.15, -0.1) is 11.3 Å². The molecular weight excluding hydrogens is 230 g/mol. The van der Waals surface area contributed by atoms with Crippen molar-refractivity contribution < 1.29 is 4.74 Å². The van der Waals surface area contributed by atoms with Gasteiger partial charge in [-0.2, -0.15) is 0 Å². The monoisotopic (exact) mass is 247 g/mol. The molecule has 0 saturated carbocycles. The lowest BCUT2D eigenvalue weighted by Gasteiger charge is -2.09. The lowest BCUT2D eigenvalue weighted by atomic mass is 10.0. The summed E-state index contributed by atoms with van der Waals surface area (Å²) in [6.45, 7) is 2.10. The average Bonchev–Trinajstić information content (AvgIpc) is 2.77. The van der Waals surface area contributed by atoms with E-state index in [1.807, 2.05) is 11.4 Å². The largest absolute Gasteiger partial charge is 0.496 e. The molecule has 0 amide bonds. The summed E-state index contributed by atoms with van der Waals surface area (Å²) < 4.78 is 5.17. The fourth-order valence-electron chi connectivity index (χ4n) is 1.83. The van der Waals surface area contributed by atoms with E-state index in [9.17, 15) is 0 Å². The smallest absolute Gasteiger partial charge is 0.129 e. The predicted molar refractivity (Wildman–Crippen MR) is 72.7 cm³/mol. The Labute approximate surface area is 106 Å². The lowest BCUT2D eigenvalue weighted by molar-refractivity contribution is 0.416. The molecule has 17 heavy (non-hydrogen) atoms. The SMILES string of the molecule is COc1csc(C(N)Cc2cccc(C)c2)c1. The van der Waals surface area contributed by atoms with Crippen LogP contribution in [0.1, 0.15) is 22.0 Å². The minimum absolute atomic E-state index is 0.0469. The summed E-state index contributed by atoms with van der Waals surface area (Å²) in [5.41, 5.74) is 8.76. The van der Waals surface area contributed by atoms with E-state index in [1.165, 1.54) is 16.0 Å². The van der Waals surface area contributed by atoms with Crippen LogP contribution in [-0.4, -0.2) is 7.11 Å². The van der Waals surface area contributed by atoms with E-state index in [1.54, 1.807) is 18.4 Å². The number of rotatable bonds is 4. The zero-order valence-electron chi connectivity index (χ0n) is 10.1. The van der Waals surface area contributed by atoms with Crippen molar-refractivity contribution in [2.75, 3.05) is 7.11 Å². The van der Waals surface area contributed by atoms with Gasteiger partial charge in [0.05, 0.1) is 7.11 Å². The van der Waals surface area contributed by atoms with Gasteiger partial charge >= 0.3 is 0 Å². The van der Waals surface area contributed by atoms with Crippen molar-refractivity contribution in [3.63, 3.8) is 0 Å². The molecule has 0 aliphatic carbocycles. The highest BCUT2D eigenvalue weighted by molar-refractivity contribution is 7.10. The van der Waals surface area contributed by atoms with Gasteiger partial charge in [0.2, 0.25) is 0 Å². The van der Waals surface area contributed by atoms with Crippen molar-refractivity contribution in [3.8, 4) is 5.75 Å². The Hall–Kier alpha value is -1.32. The first-order valence-corrected chi connectivity index (χ1v) is 6.50. The van der Waals surface area contributed by atoms with Gasteiger partial charge in [0.1, 0.15) is 5.75 Å². The fraction of sp³-hybridized carbons (Fsp3) is 0.286. The van der Waals surface area contributed by atoms with Gasteiger partial charge in [-0.25, -0.2) is 0 Å². The second-order valence-corrected chi connectivity index (χ2v) is 5.13. The van der Waals surface area contributed by atoms with Crippen LogP contribution in [-0.2, 0) is 6.42 Å². The summed E-state index contributed by atoms with van der Waals surface area (Å²) >= 11 is 1.66. The van der Waals surface area contributed by atoms with Crippen molar-refractivity contribution in [3.05, 3.63) is 51.7 Å². The number of methoxy groups -OCH3 is 1. The van der Waals surface area contributed by atoms with Crippen molar-refractivity contribution in [2.24, 2.45) is 5.73 Å². The third kappa shape index (κ3) is 3.08. The van der Waals surface area contributed by atoms with Gasteiger partial charge in [-0.3, -0.25) is 0 Å². The molecule has 0 aliphatic heterocycles. The second-order valence-electron chi connectivity index (χ2n) is 4.19. The Morgan fingerprint density at radius 3 is 2.82 bits per heavy atom. The van der Waals surface area contributed by atoms with E-state index in [4.69, 9.17) is 10.5 Å². The summed E-state index contributed by atoms with van der Waals surface area (Å²) in [5, 5.41) is 1.99. The summed E-state index contributed by atoms with van der Waals surface area (Å²) in [6, 6.07) is 10.6. The van der Waals surface area contributed by atoms with Gasteiger partial charge in [0.25, 0.3) is 0 Å². The Kier molecular flexibility index (Phi) is 3.82. The van der Waals surface area contributed by atoms with E-state index >= 15 is 0 Å². The first-order chi connectivity index (χ1) is 8.19. The molecule has 2 nitrogen and oxygen atoms in total. The van der Waals surface area contributed by atoms with E-state index in [2.05, 4.69) is 31.2 Å². The normalized spacial score (nSPS) is 12.4. The van der Waals surface area contributed by atoms with Crippen LogP contribution in [0.2, 0.25) is 0 Å². The Bertz CT molecular complexity index is 492. The Morgan fingerprint density at radius 1 is 1.35 bits per heavy atom. The third-order valence-electron chi connectivity index (χ3n) is 2.73. The minimum atomic E-state index is 0.0469. The molecule has 2 rings (SSSR count). The molecule has 0 saturated heterocycles. The van der Waals surface area contributed by atoms with Crippen LogP contribution in [0.25, 0.3) is 0 Å². The van der Waals surface area contributed by atoms with Crippen LogP contribution in [0, 0.1) is 6.92 Å². The molecule has 0 radical (unpaired) electrons. The highest BCUT2D eigenvalue weighted by atomic mass is 32.1. The maximum Gasteiger partial charge on any atom is 0.129 e. The van der Waals surface area contributed by atoms with Crippen LogP contribution in [0.5, 0.6) is 5.75 Å². The molecule has 1 unspecified atom stereocenters. The average molecular weight is 247 g/mol. The van der Waals surface area contributed by atoms with Crippen molar-refractivity contribution in [2.45, 2.75) is 19.4 Å². The molecule has 1 aromatic carbocycles. The molecule has 1 aromatic heterocycles. The molecule has 0 fully saturated rings. The summed E-state index contributed by atoms with van der Waals surface area (Å²) in [5.74, 6) is 0.893. The number of ether oxygens (including phenoxy) is 1. The summed E-state index contributed by atoms with van der Waals surface area (Å²) in [6.07, 6.45) is 0.866. The van der Waals surface area contributed by atoms with Gasteiger partial charge < -0.3 is 10.5 Å². The lowest BCUT2D eigenvalue weighted by Crippen LogP contribution is -2.11. The van der Waals surface area contributed by atoms with Crippen LogP contribution in [0.3, 0.4) is 0 Å². The molecule has 3 heteroatoms. The van der Waals surface area contributed by atoms with Gasteiger partial charge in [0, 0.05) is 16.3 Å². The van der Waals surface area contributed by atoms with Crippen LogP contribution in [0.15, 0.2) is 35.7 Å². The third-order valence-corrected chi connectivity index (χ3v) is 3.78. The van der Waals surface area contributed by atoms with E-state index in [0.717, 1.165) is 12.2 Å². The zero-order chi connectivity index (χ0) is 12.3. The van der Waals surface area contributed by atoms with E-state index < -0.39 is 0 Å². The molecule has 0 spiro atoms. The number of thiophene rings is 1. The topological polar surface area (TPSA) is 35.2 Å². The molecule has 2 aromatic rings. The Balaban J connectivity index is 2.08. The molecule has 0 bridgehead atoms. The van der Waals surface area contributed by atoms with Gasteiger partial charge in [0.15, 0.2) is 0 Å². The van der Waals surface area contributed by atoms with Crippen molar-refractivity contribution in [1.29, 1.82) is 0 Å². The van der Waals surface area contributed by atoms with E-state index in [0.29, 0.717) is 0 Å². The van der Waals surface area contributed by atoms with Gasteiger partial charge in [-0.1, -0.05) is 29.8 Å². The molecule has 90 valence electrons. The molecule has 1 heterocycles. The molecular formula is C14H17NOS. The first kappa shape index (κ1) is 12.1. The number of hydrogen-bond donors (Lipinski definition) is 1. The number of aryl methyl sites for hydroxylation is 1. The first-order valence-electron chi connectivity index (χ1n) is 5.62. The van der Waals surface area contributed by atoms with E-state index in [-0.39, 0.29) is 6.04 Å². The van der Waals surface area contributed by atoms with Crippen LogP contribution in [0.4, 0.5) is 0 Å². The quantitative estimate of drug-likeness (QED) is 0.899. The minimum Gasteiger partial charge on any atom is -0.496 e. The highest BCUT2D eigenvalue weighted by Crippen LogP contribution is 2.27. The van der Waals surface area contributed by atoms with Crippen LogP contribution >= 0.6 is 11.3 Å².